The van der Waals surface area contributed by atoms with E-state index >= 15 is 0 Å². The molecule has 0 aliphatic carbocycles. The monoisotopic (exact) mass is 368 g/mol. The van der Waals surface area contributed by atoms with Crippen LogP contribution in [0.3, 0.4) is 0 Å². The summed E-state index contributed by atoms with van der Waals surface area (Å²) >= 11 is 4.77. The van der Waals surface area contributed by atoms with Crippen molar-refractivity contribution in [1.82, 2.24) is 20.8 Å². The molecule has 8 heteroatoms. The largest absolute Gasteiger partial charge is 0.356 e. The summed E-state index contributed by atoms with van der Waals surface area (Å²) in [7, 11) is 0. The SMILES string of the molecule is CCSc1cc(C(=O)NNC(=O)c2cc(Br)c[nH]2)ccn1. The highest BCUT2D eigenvalue weighted by molar-refractivity contribution is 9.10. The smallest absolute Gasteiger partial charge is 0.286 e. The van der Waals surface area contributed by atoms with Gasteiger partial charge < -0.3 is 4.98 Å². The van der Waals surface area contributed by atoms with Gasteiger partial charge in [0.25, 0.3) is 11.8 Å². The van der Waals surface area contributed by atoms with Gasteiger partial charge in [0.15, 0.2) is 0 Å². The second-order valence-corrected chi connectivity index (χ2v) is 6.16. The van der Waals surface area contributed by atoms with Gasteiger partial charge in [-0.3, -0.25) is 20.4 Å². The van der Waals surface area contributed by atoms with Crippen LogP contribution in [-0.4, -0.2) is 27.5 Å². The third-order valence-corrected chi connectivity index (χ3v) is 3.74. The van der Waals surface area contributed by atoms with Gasteiger partial charge in [0.2, 0.25) is 0 Å². The summed E-state index contributed by atoms with van der Waals surface area (Å²) in [5.74, 6) is 0.0526. The van der Waals surface area contributed by atoms with Gasteiger partial charge in [0, 0.05) is 22.4 Å². The number of hydrogen-bond acceptors (Lipinski definition) is 4. The topological polar surface area (TPSA) is 86.9 Å². The molecule has 2 heterocycles. The van der Waals surface area contributed by atoms with Crippen LogP contribution < -0.4 is 10.9 Å². The Bertz CT molecular complexity index is 659. The van der Waals surface area contributed by atoms with Crippen LogP contribution in [0.1, 0.15) is 27.8 Å². The number of nitrogens with zero attached hydrogens (tertiary/aromatic N) is 1. The number of rotatable bonds is 4. The molecule has 2 aromatic rings. The Morgan fingerprint density at radius 1 is 1.33 bits per heavy atom. The minimum absolute atomic E-state index is 0.346. The van der Waals surface area contributed by atoms with E-state index in [0.717, 1.165) is 15.3 Å². The van der Waals surface area contributed by atoms with Gasteiger partial charge in [-0.15, -0.1) is 11.8 Å². The highest BCUT2D eigenvalue weighted by Gasteiger charge is 2.11. The van der Waals surface area contributed by atoms with Crippen molar-refractivity contribution in [1.29, 1.82) is 0 Å². The Balaban J connectivity index is 1.95. The molecule has 0 unspecified atom stereocenters. The van der Waals surface area contributed by atoms with Crippen LogP contribution >= 0.6 is 27.7 Å². The maximum atomic E-state index is 12.0. The van der Waals surface area contributed by atoms with Gasteiger partial charge in [-0.25, -0.2) is 4.98 Å². The van der Waals surface area contributed by atoms with Gasteiger partial charge in [0.1, 0.15) is 5.69 Å². The summed E-state index contributed by atoms with van der Waals surface area (Å²) in [6.07, 6.45) is 3.20. The van der Waals surface area contributed by atoms with Gasteiger partial charge in [-0.05, 0) is 39.9 Å². The predicted molar refractivity (Wildman–Crippen MR) is 84.1 cm³/mol. The molecule has 0 saturated heterocycles. The summed E-state index contributed by atoms with van der Waals surface area (Å²) < 4.78 is 0.759. The normalized spacial score (nSPS) is 10.2. The second-order valence-electron chi connectivity index (χ2n) is 3.96. The van der Waals surface area contributed by atoms with Crippen molar-refractivity contribution in [2.45, 2.75) is 11.9 Å². The predicted octanol–water partition coefficient (Wildman–Crippen LogP) is 2.36. The first-order valence-corrected chi connectivity index (χ1v) is 7.91. The lowest BCUT2D eigenvalue weighted by Crippen LogP contribution is -2.41. The van der Waals surface area contributed by atoms with Gasteiger partial charge >= 0.3 is 0 Å². The molecule has 0 aromatic carbocycles. The number of aromatic nitrogens is 2. The van der Waals surface area contributed by atoms with Crippen molar-refractivity contribution in [3.63, 3.8) is 0 Å². The van der Waals surface area contributed by atoms with Crippen LogP contribution in [-0.2, 0) is 0 Å². The molecule has 2 rings (SSSR count). The molecule has 110 valence electrons. The zero-order valence-electron chi connectivity index (χ0n) is 11.1. The number of hydrogen-bond donors (Lipinski definition) is 3. The van der Waals surface area contributed by atoms with E-state index in [-0.39, 0.29) is 0 Å². The van der Waals surface area contributed by atoms with E-state index in [1.165, 1.54) is 0 Å². The number of H-pyrrole nitrogens is 1. The van der Waals surface area contributed by atoms with Crippen LogP contribution in [0.2, 0.25) is 0 Å². The summed E-state index contributed by atoms with van der Waals surface area (Å²) in [6.45, 7) is 2.01. The van der Waals surface area contributed by atoms with E-state index in [0.29, 0.717) is 11.3 Å². The summed E-state index contributed by atoms with van der Waals surface area (Å²) in [4.78, 5) is 30.6. The lowest BCUT2D eigenvalue weighted by atomic mass is 10.2. The molecular weight excluding hydrogens is 356 g/mol. The quantitative estimate of drug-likeness (QED) is 0.571. The van der Waals surface area contributed by atoms with E-state index in [1.54, 1.807) is 42.4 Å². The first-order valence-electron chi connectivity index (χ1n) is 6.13. The minimum atomic E-state index is -0.425. The van der Waals surface area contributed by atoms with Crippen LogP contribution in [0.25, 0.3) is 0 Å². The molecule has 0 aliphatic heterocycles. The van der Waals surface area contributed by atoms with Crippen molar-refractivity contribution in [2.24, 2.45) is 0 Å². The maximum absolute atomic E-state index is 12.0. The molecule has 0 atom stereocenters. The molecule has 0 aliphatic rings. The highest BCUT2D eigenvalue weighted by atomic mass is 79.9. The third kappa shape index (κ3) is 4.33. The molecule has 3 N–H and O–H groups in total. The van der Waals surface area contributed by atoms with Crippen LogP contribution in [0.5, 0.6) is 0 Å². The molecule has 0 saturated carbocycles. The fraction of sp³-hybridized carbons (Fsp3) is 0.154. The fourth-order valence-corrected chi connectivity index (χ4v) is 2.51. The Hall–Kier alpha value is -1.80. The standard InChI is InChI=1S/C13H13BrN4O2S/c1-2-21-11-5-8(3-4-15-11)12(19)17-18-13(20)10-6-9(14)7-16-10/h3-7,16H,2H2,1H3,(H,17,19)(H,18,20). The summed E-state index contributed by atoms with van der Waals surface area (Å²) in [5.41, 5.74) is 5.49. The van der Waals surface area contributed by atoms with E-state index in [9.17, 15) is 9.59 Å². The number of carbonyl (C=O) groups excluding carboxylic acids is 2. The lowest BCUT2D eigenvalue weighted by Gasteiger charge is -2.07. The highest BCUT2D eigenvalue weighted by Crippen LogP contribution is 2.15. The van der Waals surface area contributed by atoms with Crippen molar-refractivity contribution in [3.05, 3.63) is 46.3 Å². The molecule has 21 heavy (non-hydrogen) atoms. The molecule has 0 fully saturated rings. The van der Waals surface area contributed by atoms with Crippen LogP contribution in [0.15, 0.2) is 40.1 Å². The third-order valence-electron chi connectivity index (χ3n) is 2.47. The van der Waals surface area contributed by atoms with E-state index < -0.39 is 11.8 Å². The Morgan fingerprint density at radius 3 is 2.76 bits per heavy atom. The zero-order valence-corrected chi connectivity index (χ0v) is 13.5. The average molecular weight is 369 g/mol. The number of aromatic amines is 1. The number of nitrogens with one attached hydrogen (secondary N) is 3. The lowest BCUT2D eigenvalue weighted by molar-refractivity contribution is 0.0844. The fourth-order valence-electron chi connectivity index (χ4n) is 1.53. The number of pyridine rings is 1. The van der Waals surface area contributed by atoms with Crippen LogP contribution in [0.4, 0.5) is 0 Å². The molecule has 2 amide bonds. The molecule has 0 bridgehead atoms. The zero-order chi connectivity index (χ0) is 15.2. The number of amides is 2. The number of halogens is 1. The number of carbonyl (C=O) groups is 2. The van der Waals surface area contributed by atoms with Gasteiger partial charge in [0.05, 0.1) is 5.03 Å². The summed E-state index contributed by atoms with van der Waals surface area (Å²) in [5, 5.41) is 0.768. The average Bonchev–Trinajstić information content (AvgIpc) is 2.92. The summed E-state index contributed by atoms with van der Waals surface area (Å²) in [6, 6.07) is 4.89. The maximum Gasteiger partial charge on any atom is 0.286 e. The Kier molecular flexibility index (Phi) is 5.40. The number of thioether (sulfide) groups is 1. The van der Waals surface area contributed by atoms with Crippen molar-refractivity contribution in [3.8, 4) is 0 Å². The minimum Gasteiger partial charge on any atom is -0.356 e. The first kappa shape index (κ1) is 15.6. The van der Waals surface area contributed by atoms with E-state index in [1.807, 2.05) is 6.92 Å². The van der Waals surface area contributed by atoms with Crippen molar-refractivity contribution in [2.75, 3.05) is 5.75 Å². The van der Waals surface area contributed by atoms with E-state index in [4.69, 9.17) is 0 Å². The van der Waals surface area contributed by atoms with E-state index in [2.05, 4.69) is 36.7 Å². The molecular formula is C13H13BrN4O2S. The molecule has 0 spiro atoms. The Labute approximate surface area is 134 Å². The van der Waals surface area contributed by atoms with Crippen molar-refractivity contribution < 1.29 is 9.59 Å². The Morgan fingerprint density at radius 2 is 2.10 bits per heavy atom. The van der Waals surface area contributed by atoms with Gasteiger partial charge in [-0.1, -0.05) is 6.92 Å². The van der Waals surface area contributed by atoms with Crippen molar-refractivity contribution >= 4 is 39.5 Å². The molecule has 6 nitrogen and oxygen atoms in total. The molecule has 0 radical (unpaired) electrons. The van der Waals surface area contributed by atoms with Gasteiger partial charge in [-0.2, -0.15) is 0 Å². The molecule has 2 aromatic heterocycles. The second kappa shape index (κ2) is 7.28. The number of hydrazine groups is 1. The van der Waals surface area contributed by atoms with Crippen LogP contribution in [0, 0.1) is 0 Å². The first-order chi connectivity index (χ1) is 10.1.